The lowest BCUT2D eigenvalue weighted by molar-refractivity contribution is 0.0505. The number of anilines is 1. The Kier molecular flexibility index (Phi) is 7.89. The highest BCUT2D eigenvalue weighted by Gasteiger charge is 2.26. The number of benzene rings is 1. The minimum atomic E-state index is -1.09. The van der Waals surface area contributed by atoms with Crippen LogP contribution in [0, 0.1) is 6.92 Å². The Morgan fingerprint density at radius 2 is 1.94 bits per heavy atom. The standard InChI is InChI=1S/C22H30N4O5S/c1-5-32(28)17-6-7-19(18(23)12-17)31-21-15(4)20(24-13-25-21)30-16-8-10-26(11-9-16)22(27)29-14(2)3/h6-7,12-14,16H,5,8-11,23H2,1-4H3. The first kappa shape index (κ1) is 23.8. The molecule has 2 N–H and O–H groups in total. The predicted molar refractivity (Wildman–Crippen MR) is 121 cm³/mol. The summed E-state index contributed by atoms with van der Waals surface area (Å²) in [4.78, 5) is 22.9. The summed E-state index contributed by atoms with van der Waals surface area (Å²) < 4.78 is 29.2. The number of nitrogens with zero attached hydrogens (tertiary/aromatic N) is 3. The molecule has 1 aliphatic rings. The van der Waals surface area contributed by atoms with Crippen LogP contribution in [0.25, 0.3) is 0 Å². The second-order valence-electron chi connectivity index (χ2n) is 7.78. The molecule has 1 aliphatic heterocycles. The van der Waals surface area contributed by atoms with E-state index in [1.165, 1.54) is 6.33 Å². The quantitative estimate of drug-likeness (QED) is 0.620. The van der Waals surface area contributed by atoms with Gasteiger partial charge in [-0.1, -0.05) is 6.92 Å². The van der Waals surface area contributed by atoms with Crippen LogP contribution < -0.4 is 15.2 Å². The van der Waals surface area contributed by atoms with E-state index in [1.54, 1.807) is 23.1 Å². The van der Waals surface area contributed by atoms with E-state index >= 15 is 0 Å². The van der Waals surface area contributed by atoms with Crippen molar-refractivity contribution in [3.05, 3.63) is 30.1 Å². The molecule has 1 saturated heterocycles. The summed E-state index contributed by atoms with van der Waals surface area (Å²) >= 11 is 0. The zero-order chi connectivity index (χ0) is 23.3. The van der Waals surface area contributed by atoms with Crippen molar-refractivity contribution in [1.82, 2.24) is 14.9 Å². The van der Waals surface area contributed by atoms with Crippen LogP contribution in [0.2, 0.25) is 0 Å². The third kappa shape index (κ3) is 5.87. The molecule has 2 heterocycles. The molecule has 0 aliphatic carbocycles. The van der Waals surface area contributed by atoms with Crippen LogP contribution >= 0.6 is 0 Å². The Morgan fingerprint density at radius 3 is 2.56 bits per heavy atom. The second-order valence-corrected chi connectivity index (χ2v) is 9.52. The van der Waals surface area contributed by atoms with Crippen LogP contribution in [0.15, 0.2) is 29.4 Å². The van der Waals surface area contributed by atoms with Crippen LogP contribution in [0.4, 0.5) is 10.5 Å². The number of hydrogen-bond donors (Lipinski definition) is 1. The third-order valence-electron chi connectivity index (χ3n) is 5.02. The zero-order valence-electron chi connectivity index (χ0n) is 18.9. The van der Waals surface area contributed by atoms with E-state index in [0.29, 0.717) is 65.3 Å². The maximum atomic E-state index is 12.0. The fourth-order valence-electron chi connectivity index (χ4n) is 3.26. The normalized spacial score (nSPS) is 15.5. The molecule has 3 rings (SSSR count). The highest BCUT2D eigenvalue weighted by atomic mass is 32.2. The SMILES string of the molecule is CCS(=O)c1ccc(Oc2ncnc(OC3CCN(C(=O)OC(C)C)CC3)c2C)c(N)c1. The Labute approximate surface area is 190 Å². The van der Waals surface area contributed by atoms with Crippen LogP contribution in [0.3, 0.4) is 0 Å². The molecule has 1 atom stereocenters. The minimum absolute atomic E-state index is 0.0760. The smallest absolute Gasteiger partial charge is 0.410 e. The van der Waals surface area contributed by atoms with Crippen molar-refractivity contribution >= 4 is 22.6 Å². The first-order valence-corrected chi connectivity index (χ1v) is 12.0. The van der Waals surface area contributed by atoms with Gasteiger partial charge >= 0.3 is 6.09 Å². The first-order valence-electron chi connectivity index (χ1n) is 10.7. The van der Waals surface area contributed by atoms with Gasteiger partial charge in [-0.3, -0.25) is 4.21 Å². The summed E-state index contributed by atoms with van der Waals surface area (Å²) in [6.07, 6.45) is 2.22. The molecule has 10 heteroatoms. The van der Waals surface area contributed by atoms with E-state index in [2.05, 4.69) is 9.97 Å². The average molecular weight is 463 g/mol. The van der Waals surface area contributed by atoms with E-state index in [0.717, 1.165) is 0 Å². The average Bonchev–Trinajstić information content (AvgIpc) is 2.77. The number of carbonyl (C=O) groups is 1. The molecule has 0 radical (unpaired) electrons. The Balaban J connectivity index is 1.64. The number of hydrogen-bond acceptors (Lipinski definition) is 8. The molecule has 32 heavy (non-hydrogen) atoms. The lowest BCUT2D eigenvalue weighted by Crippen LogP contribution is -2.42. The molecule has 0 saturated carbocycles. The van der Waals surface area contributed by atoms with E-state index < -0.39 is 10.8 Å². The fourth-order valence-corrected chi connectivity index (χ4v) is 4.07. The van der Waals surface area contributed by atoms with Crippen molar-refractivity contribution < 1.29 is 23.2 Å². The second kappa shape index (κ2) is 10.6. The summed E-state index contributed by atoms with van der Waals surface area (Å²) in [5, 5.41) is 0. The number of amides is 1. The molecule has 1 unspecified atom stereocenters. The molecule has 1 aromatic heterocycles. The van der Waals surface area contributed by atoms with Crippen molar-refractivity contribution in [2.24, 2.45) is 0 Å². The maximum absolute atomic E-state index is 12.0. The number of rotatable bonds is 7. The van der Waals surface area contributed by atoms with E-state index in [4.69, 9.17) is 19.9 Å². The molecule has 2 aromatic rings. The molecule has 1 amide bonds. The highest BCUT2D eigenvalue weighted by molar-refractivity contribution is 7.85. The largest absolute Gasteiger partial charge is 0.474 e. The predicted octanol–water partition coefficient (Wildman–Crippen LogP) is 3.68. The van der Waals surface area contributed by atoms with Crippen LogP contribution in [-0.4, -0.2) is 56.2 Å². The van der Waals surface area contributed by atoms with Gasteiger partial charge < -0.3 is 24.8 Å². The van der Waals surface area contributed by atoms with Gasteiger partial charge in [-0.05, 0) is 39.0 Å². The van der Waals surface area contributed by atoms with Gasteiger partial charge in [-0.15, -0.1) is 0 Å². The van der Waals surface area contributed by atoms with Gasteiger partial charge in [-0.25, -0.2) is 14.8 Å². The fraction of sp³-hybridized carbons (Fsp3) is 0.500. The number of likely N-dealkylation sites (tertiary alicyclic amines) is 1. The molecule has 9 nitrogen and oxygen atoms in total. The van der Waals surface area contributed by atoms with Gasteiger partial charge in [0.25, 0.3) is 0 Å². The topological polar surface area (TPSA) is 117 Å². The highest BCUT2D eigenvalue weighted by Crippen LogP contribution is 2.32. The molecule has 0 bridgehead atoms. The summed E-state index contributed by atoms with van der Waals surface area (Å²) in [6, 6.07) is 5.07. The number of ether oxygens (including phenoxy) is 3. The monoisotopic (exact) mass is 462 g/mol. The van der Waals surface area contributed by atoms with Gasteiger partial charge in [0, 0.05) is 36.6 Å². The lowest BCUT2D eigenvalue weighted by atomic mass is 10.1. The van der Waals surface area contributed by atoms with E-state index in [9.17, 15) is 9.00 Å². The van der Waals surface area contributed by atoms with E-state index in [1.807, 2.05) is 27.7 Å². The Morgan fingerprint density at radius 1 is 1.25 bits per heavy atom. The molecular formula is C22H30N4O5S. The molecule has 1 fully saturated rings. The van der Waals surface area contributed by atoms with Crippen LogP contribution in [0.5, 0.6) is 17.5 Å². The molecule has 0 spiro atoms. The number of aromatic nitrogens is 2. The van der Waals surface area contributed by atoms with Gasteiger partial charge in [-0.2, -0.15) is 0 Å². The summed E-state index contributed by atoms with van der Waals surface area (Å²) in [5.74, 6) is 1.71. The number of nitrogen functional groups attached to an aromatic ring is 1. The van der Waals surface area contributed by atoms with Crippen molar-refractivity contribution in [3.8, 4) is 17.5 Å². The van der Waals surface area contributed by atoms with Gasteiger partial charge in [0.2, 0.25) is 11.8 Å². The summed E-state index contributed by atoms with van der Waals surface area (Å²) in [6.45, 7) is 8.45. The third-order valence-corrected chi connectivity index (χ3v) is 6.32. The van der Waals surface area contributed by atoms with Crippen molar-refractivity contribution in [2.75, 3.05) is 24.6 Å². The first-order chi connectivity index (χ1) is 15.3. The zero-order valence-corrected chi connectivity index (χ0v) is 19.7. The van der Waals surface area contributed by atoms with E-state index in [-0.39, 0.29) is 18.3 Å². The molecule has 1 aromatic carbocycles. The Bertz CT molecular complexity index is 977. The summed E-state index contributed by atoms with van der Waals surface area (Å²) in [7, 11) is -1.09. The summed E-state index contributed by atoms with van der Waals surface area (Å²) in [5.41, 5.74) is 7.12. The molecular weight excluding hydrogens is 432 g/mol. The number of nitrogens with two attached hydrogens (primary N) is 1. The maximum Gasteiger partial charge on any atom is 0.410 e. The Hall–Kier alpha value is -2.88. The van der Waals surface area contributed by atoms with Crippen molar-refractivity contribution in [3.63, 3.8) is 0 Å². The minimum Gasteiger partial charge on any atom is -0.474 e. The van der Waals surface area contributed by atoms with Gasteiger partial charge in [0.05, 0.1) is 28.2 Å². The van der Waals surface area contributed by atoms with Crippen molar-refractivity contribution in [2.45, 2.75) is 57.6 Å². The number of piperidine rings is 1. The van der Waals surface area contributed by atoms with Crippen LogP contribution in [0.1, 0.15) is 39.2 Å². The number of carbonyl (C=O) groups excluding carboxylic acids is 1. The van der Waals surface area contributed by atoms with Gasteiger partial charge in [0.15, 0.2) is 5.75 Å². The lowest BCUT2D eigenvalue weighted by Gasteiger charge is -2.31. The molecule has 174 valence electrons. The van der Waals surface area contributed by atoms with Crippen molar-refractivity contribution in [1.29, 1.82) is 0 Å². The van der Waals surface area contributed by atoms with Gasteiger partial charge in [0.1, 0.15) is 12.4 Å². The van der Waals surface area contributed by atoms with Crippen LogP contribution in [-0.2, 0) is 15.5 Å².